The zero-order valence-electron chi connectivity index (χ0n) is 13.7. The maximum Gasteiger partial charge on any atom is 0.271 e. The lowest BCUT2D eigenvalue weighted by molar-refractivity contribution is 0.0947. The minimum atomic E-state index is -0.145. The molecule has 2 aromatic rings. The van der Waals surface area contributed by atoms with Crippen molar-refractivity contribution in [3.05, 3.63) is 47.8 Å². The van der Waals surface area contributed by atoms with E-state index in [0.29, 0.717) is 12.2 Å². The Morgan fingerprint density at radius 2 is 1.86 bits per heavy atom. The van der Waals surface area contributed by atoms with Gasteiger partial charge < -0.3 is 10.6 Å². The quantitative estimate of drug-likeness (QED) is 0.833. The Bertz CT molecular complexity index is 626. The maximum absolute atomic E-state index is 12.2. The average molecular weight is 300 g/mol. The molecule has 0 radical (unpaired) electrons. The van der Waals surface area contributed by atoms with E-state index in [2.05, 4.69) is 36.5 Å². The van der Waals surface area contributed by atoms with Crippen LogP contribution in [-0.2, 0) is 0 Å². The number of hydrogen-bond acceptors (Lipinski definition) is 3. The molecule has 1 amide bonds. The SMILES string of the molecule is Cc1cc(C(=O)NCCNC(C)(C)C)nn1-c1ccccc1. The number of hydrogen-bond donors (Lipinski definition) is 2. The van der Waals surface area contributed by atoms with Crippen LogP contribution in [0.5, 0.6) is 0 Å². The van der Waals surface area contributed by atoms with Gasteiger partial charge in [-0.25, -0.2) is 4.68 Å². The molecule has 1 aromatic carbocycles. The summed E-state index contributed by atoms with van der Waals surface area (Å²) in [5.41, 5.74) is 2.38. The van der Waals surface area contributed by atoms with Gasteiger partial charge in [-0.3, -0.25) is 4.79 Å². The number of aromatic nitrogens is 2. The molecule has 1 aromatic heterocycles. The van der Waals surface area contributed by atoms with E-state index in [1.165, 1.54) is 0 Å². The van der Waals surface area contributed by atoms with Gasteiger partial charge in [0.25, 0.3) is 5.91 Å². The number of rotatable bonds is 5. The van der Waals surface area contributed by atoms with Crippen molar-refractivity contribution in [3.63, 3.8) is 0 Å². The molecule has 2 N–H and O–H groups in total. The van der Waals surface area contributed by atoms with Gasteiger partial charge in [0, 0.05) is 24.3 Å². The standard InChI is InChI=1S/C17H24N4O/c1-13-12-15(16(22)18-10-11-19-17(2,3)4)20-21(13)14-8-6-5-7-9-14/h5-9,12,19H,10-11H2,1-4H3,(H,18,22). The van der Waals surface area contributed by atoms with Crippen molar-refractivity contribution < 1.29 is 4.79 Å². The first-order valence-corrected chi connectivity index (χ1v) is 7.52. The van der Waals surface area contributed by atoms with E-state index >= 15 is 0 Å². The van der Waals surface area contributed by atoms with E-state index in [-0.39, 0.29) is 11.4 Å². The molecule has 22 heavy (non-hydrogen) atoms. The zero-order valence-corrected chi connectivity index (χ0v) is 13.7. The molecule has 5 heteroatoms. The summed E-state index contributed by atoms with van der Waals surface area (Å²) in [7, 11) is 0. The number of carbonyl (C=O) groups excluding carboxylic acids is 1. The molecular formula is C17H24N4O. The first-order chi connectivity index (χ1) is 10.4. The predicted octanol–water partition coefficient (Wildman–Crippen LogP) is 2.30. The highest BCUT2D eigenvalue weighted by molar-refractivity contribution is 5.92. The van der Waals surface area contributed by atoms with Crippen molar-refractivity contribution in [2.75, 3.05) is 13.1 Å². The van der Waals surface area contributed by atoms with Crippen LogP contribution in [0.4, 0.5) is 0 Å². The first kappa shape index (κ1) is 16.2. The molecule has 2 rings (SSSR count). The third kappa shape index (κ3) is 4.43. The lowest BCUT2D eigenvalue weighted by Crippen LogP contribution is -2.41. The Hall–Kier alpha value is -2.14. The van der Waals surface area contributed by atoms with Gasteiger partial charge in [0.15, 0.2) is 5.69 Å². The van der Waals surface area contributed by atoms with Gasteiger partial charge in [-0.05, 0) is 45.9 Å². The minimum Gasteiger partial charge on any atom is -0.349 e. The molecular weight excluding hydrogens is 276 g/mol. The topological polar surface area (TPSA) is 59.0 Å². The number of nitrogens with zero attached hydrogens (tertiary/aromatic N) is 2. The van der Waals surface area contributed by atoms with Gasteiger partial charge >= 0.3 is 0 Å². The molecule has 0 spiro atoms. The van der Waals surface area contributed by atoms with Crippen LogP contribution in [0.15, 0.2) is 36.4 Å². The molecule has 0 saturated carbocycles. The third-order valence-electron chi connectivity index (χ3n) is 3.19. The molecule has 0 saturated heterocycles. The average Bonchev–Trinajstić information content (AvgIpc) is 2.85. The van der Waals surface area contributed by atoms with E-state index in [4.69, 9.17) is 0 Å². The summed E-state index contributed by atoms with van der Waals surface area (Å²) in [5.74, 6) is -0.145. The molecule has 0 aliphatic heterocycles. The molecule has 0 atom stereocenters. The summed E-state index contributed by atoms with van der Waals surface area (Å²) in [6.45, 7) is 9.54. The van der Waals surface area contributed by atoms with Crippen LogP contribution in [0.3, 0.4) is 0 Å². The number of amides is 1. The third-order valence-corrected chi connectivity index (χ3v) is 3.19. The van der Waals surface area contributed by atoms with Crippen molar-refractivity contribution in [1.82, 2.24) is 20.4 Å². The van der Waals surface area contributed by atoms with E-state index in [0.717, 1.165) is 17.9 Å². The Morgan fingerprint density at radius 1 is 1.18 bits per heavy atom. The first-order valence-electron chi connectivity index (χ1n) is 7.52. The van der Waals surface area contributed by atoms with Gasteiger partial charge in [-0.15, -0.1) is 0 Å². The van der Waals surface area contributed by atoms with E-state index in [9.17, 15) is 4.79 Å². The molecule has 118 valence electrons. The van der Waals surface area contributed by atoms with Crippen LogP contribution in [0, 0.1) is 6.92 Å². The van der Waals surface area contributed by atoms with Gasteiger partial charge in [0.1, 0.15) is 0 Å². The molecule has 0 aliphatic rings. The highest BCUT2D eigenvalue weighted by atomic mass is 16.1. The van der Waals surface area contributed by atoms with Crippen LogP contribution < -0.4 is 10.6 Å². The number of nitrogens with one attached hydrogen (secondary N) is 2. The van der Waals surface area contributed by atoms with Crippen molar-refractivity contribution >= 4 is 5.91 Å². The van der Waals surface area contributed by atoms with Gasteiger partial charge in [-0.1, -0.05) is 18.2 Å². The Kier molecular flexibility index (Phi) is 4.98. The minimum absolute atomic E-state index is 0.0518. The van der Waals surface area contributed by atoms with Crippen molar-refractivity contribution in [2.24, 2.45) is 0 Å². The van der Waals surface area contributed by atoms with Gasteiger partial charge in [0.05, 0.1) is 5.69 Å². The van der Waals surface area contributed by atoms with Gasteiger partial charge in [0.2, 0.25) is 0 Å². The predicted molar refractivity (Wildman–Crippen MR) is 88.4 cm³/mol. The number of carbonyl (C=O) groups is 1. The molecule has 1 heterocycles. The summed E-state index contributed by atoms with van der Waals surface area (Å²) in [6, 6.07) is 11.6. The van der Waals surface area contributed by atoms with Crippen LogP contribution in [0.25, 0.3) is 5.69 Å². The fraction of sp³-hybridized carbons (Fsp3) is 0.412. The van der Waals surface area contributed by atoms with Crippen LogP contribution in [0.1, 0.15) is 37.0 Å². The number of aryl methyl sites for hydroxylation is 1. The molecule has 5 nitrogen and oxygen atoms in total. The van der Waals surface area contributed by atoms with E-state index < -0.39 is 0 Å². The Labute approximate surface area is 131 Å². The monoisotopic (exact) mass is 300 g/mol. The molecule has 0 bridgehead atoms. The molecule has 0 fully saturated rings. The lowest BCUT2D eigenvalue weighted by Gasteiger charge is -2.20. The largest absolute Gasteiger partial charge is 0.349 e. The lowest BCUT2D eigenvalue weighted by atomic mass is 10.1. The van der Waals surface area contributed by atoms with Crippen molar-refractivity contribution in [2.45, 2.75) is 33.2 Å². The van der Waals surface area contributed by atoms with E-state index in [1.807, 2.05) is 37.3 Å². The highest BCUT2D eigenvalue weighted by Crippen LogP contribution is 2.11. The summed E-state index contributed by atoms with van der Waals surface area (Å²) in [6.07, 6.45) is 0. The van der Waals surface area contributed by atoms with Gasteiger partial charge in [-0.2, -0.15) is 5.10 Å². The van der Waals surface area contributed by atoms with Crippen LogP contribution in [0.2, 0.25) is 0 Å². The Balaban J connectivity index is 1.97. The number of benzene rings is 1. The second-order valence-electron chi connectivity index (χ2n) is 6.35. The highest BCUT2D eigenvalue weighted by Gasteiger charge is 2.13. The summed E-state index contributed by atoms with van der Waals surface area (Å²) in [5, 5.41) is 10.6. The molecule has 0 aliphatic carbocycles. The Morgan fingerprint density at radius 3 is 2.50 bits per heavy atom. The van der Waals surface area contributed by atoms with Crippen molar-refractivity contribution in [3.8, 4) is 5.69 Å². The van der Waals surface area contributed by atoms with Crippen LogP contribution >= 0.6 is 0 Å². The van der Waals surface area contributed by atoms with Crippen LogP contribution in [-0.4, -0.2) is 34.3 Å². The van der Waals surface area contributed by atoms with E-state index in [1.54, 1.807) is 10.7 Å². The normalized spacial score (nSPS) is 11.5. The fourth-order valence-corrected chi connectivity index (χ4v) is 2.12. The fourth-order valence-electron chi connectivity index (χ4n) is 2.12. The van der Waals surface area contributed by atoms with Crippen molar-refractivity contribution in [1.29, 1.82) is 0 Å². The summed E-state index contributed by atoms with van der Waals surface area (Å²) in [4.78, 5) is 12.2. The second kappa shape index (κ2) is 6.75. The zero-order chi connectivity index (χ0) is 16.2. The smallest absolute Gasteiger partial charge is 0.271 e. The number of para-hydroxylation sites is 1. The second-order valence-corrected chi connectivity index (χ2v) is 6.35. The summed E-state index contributed by atoms with van der Waals surface area (Å²) < 4.78 is 1.78. The maximum atomic E-state index is 12.2. The molecule has 0 unspecified atom stereocenters. The summed E-state index contributed by atoms with van der Waals surface area (Å²) >= 11 is 0.